The van der Waals surface area contributed by atoms with Crippen LogP contribution in [0.3, 0.4) is 0 Å². The van der Waals surface area contributed by atoms with Gasteiger partial charge in [0.25, 0.3) is 0 Å². The molecule has 0 amide bonds. The maximum absolute atomic E-state index is 14.0. The molecule has 1 aliphatic heterocycles. The standard InChI is InChI=1S/C17H24F2N2/c1-16(2)11-21(17(3,10-20-16)13-5-6-13)9-12-4-7-14(18)8-15(12)19/h4,7-8,13,20H,5-6,9-11H2,1-3H3. The smallest absolute Gasteiger partial charge is 0.130 e. The van der Waals surface area contributed by atoms with Gasteiger partial charge in [0, 0.05) is 42.3 Å². The van der Waals surface area contributed by atoms with Gasteiger partial charge in [-0.25, -0.2) is 8.78 Å². The lowest BCUT2D eigenvalue weighted by Crippen LogP contribution is -2.67. The first-order valence-electron chi connectivity index (χ1n) is 7.74. The number of hydrogen-bond acceptors (Lipinski definition) is 2. The van der Waals surface area contributed by atoms with Crippen LogP contribution in [-0.2, 0) is 6.54 Å². The second kappa shape index (κ2) is 5.03. The van der Waals surface area contributed by atoms with Crippen LogP contribution in [0.25, 0.3) is 0 Å². The number of nitrogens with zero attached hydrogens (tertiary/aromatic N) is 1. The van der Waals surface area contributed by atoms with E-state index in [9.17, 15) is 8.78 Å². The van der Waals surface area contributed by atoms with Crippen LogP contribution in [0, 0.1) is 17.6 Å². The highest BCUT2D eigenvalue weighted by Gasteiger charge is 2.49. The van der Waals surface area contributed by atoms with Gasteiger partial charge < -0.3 is 5.32 Å². The summed E-state index contributed by atoms with van der Waals surface area (Å²) in [5.41, 5.74) is 0.669. The highest BCUT2D eigenvalue weighted by atomic mass is 19.1. The van der Waals surface area contributed by atoms with E-state index < -0.39 is 11.6 Å². The van der Waals surface area contributed by atoms with Crippen LogP contribution in [0.2, 0.25) is 0 Å². The number of nitrogens with one attached hydrogen (secondary N) is 1. The quantitative estimate of drug-likeness (QED) is 0.920. The van der Waals surface area contributed by atoms with Gasteiger partial charge in [0.1, 0.15) is 11.6 Å². The van der Waals surface area contributed by atoms with Crippen molar-refractivity contribution in [3.05, 3.63) is 35.4 Å². The summed E-state index contributed by atoms with van der Waals surface area (Å²) in [6, 6.07) is 3.91. The summed E-state index contributed by atoms with van der Waals surface area (Å²) in [5.74, 6) is -0.268. The lowest BCUT2D eigenvalue weighted by molar-refractivity contribution is 0.00447. The zero-order valence-electron chi connectivity index (χ0n) is 13.0. The van der Waals surface area contributed by atoms with Crippen LogP contribution >= 0.6 is 0 Å². The summed E-state index contributed by atoms with van der Waals surface area (Å²) in [5, 5.41) is 3.61. The third-order valence-electron chi connectivity index (χ3n) is 5.07. The molecule has 1 saturated carbocycles. The van der Waals surface area contributed by atoms with Gasteiger partial charge in [-0.1, -0.05) is 6.07 Å². The molecule has 1 N–H and O–H groups in total. The molecule has 2 fully saturated rings. The molecule has 1 unspecified atom stereocenters. The minimum absolute atomic E-state index is 0.0188. The number of halogens is 2. The Labute approximate surface area is 125 Å². The Hall–Kier alpha value is -1.00. The minimum atomic E-state index is -0.512. The molecule has 1 aliphatic carbocycles. The average molecular weight is 294 g/mol. The summed E-state index contributed by atoms with van der Waals surface area (Å²) in [6.07, 6.45) is 2.50. The Balaban J connectivity index is 1.85. The van der Waals surface area contributed by atoms with Gasteiger partial charge in [0.2, 0.25) is 0 Å². The molecular weight excluding hydrogens is 270 g/mol. The first kappa shape index (κ1) is 14.9. The van der Waals surface area contributed by atoms with Crippen molar-refractivity contribution >= 4 is 0 Å². The van der Waals surface area contributed by atoms with Crippen molar-refractivity contribution in [3.63, 3.8) is 0 Å². The summed E-state index contributed by atoms with van der Waals surface area (Å²) < 4.78 is 27.1. The van der Waals surface area contributed by atoms with Crippen LogP contribution < -0.4 is 5.32 Å². The van der Waals surface area contributed by atoms with E-state index in [1.54, 1.807) is 6.07 Å². The van der Waals surface area contributed by atoms with E-state index in [4.69, 9.17) is 0 Å². The van der Waals surface area contributed by atoms with Crippen molar-refractivity contribution in [2.75, 3.05) is 13.1 Å². The summed E-state index contributed by atoms with van der Waals surface area (Å²) in [4.78, 5) is 2.39. The van der Waals surface area contributed by atoms with E-state index in [1.165, 1.54) is 18.9 Å². The molecule has 0 bridgehead atoms. The molecule has 1 aromatic carbocycles. The van der Waals surface area contributed by atoms with Gasteiger partial charge in [-0.2, -0.15) is 0 Å². The van der Waals surface area contributed by atoms with E-state index in [-0.39, 0.29) is 11.1 Å². The molecule has 2 nitrogen and oxygen atoms in total. The number of piperazine rings is 1. The maximum atomic E-state index is 14.0. The highest BCUT2D eigenvalue weighted by molar-refractivity contribution is 5.20. The van der Waals surface area contributed by atoms with Crippen molar-refractivity contribution in [2.45, 2.75) is 51.2 Å². The van der Waals surface area contributed by atoms with Gasteiger partial charge >= 0.3 is 0 Å². The molecular formula is C17H24F2N2. The molecule has 116 valence electrons. The average Bonchev–Trinajstić information content (AvgIpc) is 3.22. The second-order valence-corrected chi connectivity index (χ2v) is 7.46. The third-order valence-corrected chi connectivity index (χ3v) is 5.07. The van der Waals surface area contributed by atoms with Crippen LogP contribution in [0.4, 0.5) is 8.78 Å². The first-order chi connectivity index (χ1) is 9.80. The molecule has 2 aliphatic rings. The third kappa shape index (κ3) is 2.97. The molecule has 0 aromatic heterocycles. The van der Waals surface area contributed by atoms with Gasteiger partial charge in [-0.15, -0.1) is 0 Å². The largest absolute Gasteiger partial charge is 0.309 e. The predicted octanol–water partition coefficient (Wildman–Crippen LogP) is 3.32. The van der Waals surface area contributed by atoms with E-state index in [2.05, 4.69) is 31.0 Å². The summed E-state index contributed by atoms with van der Waals surface area (Å²) in [7, 11) is 0. The zero-order chi connectivity index (χ0) is 15.3. The van der Waals surface area contributed by atoms with Crippen LogP contribution in [0.15, 0.2) is 18.2 Å². The van der Waals surface area contributed by atoms with Gasteiger partial charge in [0.05, 0.1) is 0 Å². The summed E-state index contributed by atoms with van der Waals surface area (Å²) >= 11 is 0. The predicted molar refractivity (Wildman–Crippen MR) is 80.0 cm³/mol. The van der Waals surface area contributed by atoms with Crippen molar-refractivity contribution < 1.29 is 8.78 Å². The molecule has 1 atom stereocenters. The molecule has 1 saturated heterocycles. The Morgan fingerprint density at radius 3 is 2.57 bits per heavy atom. The Bertz CT molecular complexity index is 540. The lowest BCUT2D eigenvalue weighted by atomic mass is 9.85. The fraction of sp³-hybridized carbons (Fsp3) is 0.647. The van der Waals surface area contributed by atoms with Crippen LogP contribution in [0.5, 0.6) is 0 Å². The Morgan fingerprint density at radius 2 is 1.95 bits per heavy atom. The molecule has 4 heteroatoms. The van der Waals surface area contributed by atoms with Crippen LogP contribution in [-0.4, -0.2) is 29.1 Å². The molecule has 1 heterocycles. The Kier molecular flexibility index (Phi) is 3.57. The monoisotopic (exact) mass is 294 g/mol. The van der Waals surface area contributed by atoms with Crippen molar-refractivity contribution in [1.82, 2.24) is 10.2 Å². The van der Waals surface area contributed by atoms with Gasteiger partial charge in [-0.3, -0.25) is 4.90 Å². The number of rotatable bonds is 3. The van der Waals surface area contributed by atoms with E-state index in [0.29, 0.717) is 18.0 Å². The highest BCUT2D eigenvalue weighted by Crippen LogP contribution is 2.45. The van der Waals surface area contributed by atoms with Gasteiger partial charge in [0.15, 0.2) is 0 Å². The second-order valence-electron chi connectivity index (χ2n) is 7.46. The van der Waals surface area contributed by atoms with Crippen LogP contribution in [0.1, 0.15) is 39.2 Å². The van der Waals surface area contributed by atoms with Crippen molar-refractivity contribution in [2.24, 2.45) is 5.92 Å². The molecule has 1 aromatic rings. The van der Waals surface area contributed by atoms with E-state index in [1.807, 2.05) is 0 Å². The topological polar surface area (TPSA) is 15.3 Å². The molecule has 0 spiro atoms. The normalized spacial score (nSPS) is 29.6. The number of hydrogen-bond donors (Lipinski definition) is 1. The molecule has 21 heavy (non-hydrogen) atoms. The Morgan fingerprint density at radius 1 is 1.24 bits per heavy atom. The first-order valence-corrected chi connectivity index (χ1v) is 7.74. The SMILES string of the molecule is CC1(C)CN(Cc2ccc(F)cc2F)C(C)(C2CC2)CN1. The van der Waals surface area contributed by atoms with Gasteiger partial charge in [-0.05, 0) is 45.6 Å². The zero-order valence-corrected chi connectivity index (χ0v) is 13.0. The van der Waals surface area contributed by atoms with Crippen molar-refractivity contribution in [3.8, 4) is 0 Å². The van der Waals surface area contributed by atoms with E-state index >= 15 is 0 Å². The molecule has 0 radical (unpaired) electrons. The fourth-order valence-electron chi connectivity index (χ4n) is 3.44. The fourth-order valence-corrected chi connectivity index (χ4v) is 3.44. The summed E-state index contributed by atoms with van der Waals surface area (Å²) in [6.45, 7) is 8.96. The van der Waals surface area contributed by atoms with Crippen molar-refractivity contribution in [1.29, 1.82) is 0 Å². The minimum Gasteiger partial charge on any atom is -0.309 e. The lowest BCUT2D eigenvalue weighted by Gasteiger charge is -2.52. The van der Waals surface area contributed by atoms with E-state index in [0.717, 1.165) is 19.2 Å². The molecule has 3 rings (SSSR count). The number of benzene rings is 1. The maximum Gasteiger partial charge on any atom is 0.130 e.